The van der Waals surface area contributed by atoms with Crippen LogP contribution in [0.15, 0.2) is 24.4 Å². The zero-order chi connectivity index (χ0) is 16.5. The monoisotopic (exact) mass is 323 g/mol. The fraction of sp³-hybridized carbons (Fsp3) is 0.526. The molecule has 5 heteroatoms. The van der Waals surface area contributed by atoms with Gasteiger partial charge >= 0.3 is 0 Å². The lowest BCUT2D eigenvalue weighted by molar-refractivity contribution is 0.133. The number of aromatic nitrogens is 3. The Balaban J connectivity index is 1.58. The van der Waals surface area contributed by atoms with Crippen LogP contribution in [-0.2, 0) is 0 Å². The molecule has 0 amide bonds. The van der Waals surface area contributed by atoms with E-state index in [1.165, 1.54) is 25.8 Å². The van der Waals surface area contributed by atoms with Crippen LogP contribution >= 0.6 is 0 Å². The number of rotatable bonds is 2. The summed E-state index contributed by atoms with van der Waals surface area (Å²) in [7, 11) is 0. The molecule has 126 valence electrons. The number of aryl methyl sites for hydroxylation is 2. The van der Waals surface area contributed by atoms with Crippen molar-refractivity contribution in [2.45, 2.75) is 39.2 Å². The van der Waals surface area contributed by atoms with Gasteiger partial charge in [-0.15, -0.1) is 0 Å². The largest absolute Gasteiger partial charge is 0.338 e. The van der Waals surface area contributed by atoms with Crippen LogP contribution < -0.4 is 4.90 Å². The quantitative estimate of drug-likeness (QED) is 0.850. The molecule has 4 rings (SSSR count). The van der Waals surface area contributed by atoms with Crippen molar-refractivity contribution in [2.24, 2.45) is 0 Å². The van der Waals surface area contributed by atoms with E-state index >= 15 is 0 Å². The van der Waals surface area contributed by atoms with Crippen LogP contribution in [0.3, 0.4) is 0 Å². The molecule has 2 aromatic heterocycles. The van der Waals surface area contributed by atoms with Crippen molar-refractivity contribution >= 4 is 5.95 Å². The van der Waals surface area contributed by atoms with E-state index < -0.39 is 0 Å². The van der Waals surface area contributed by atoms with Gasteiger partial charge in [-0.1, -0.05) is 6.42 Å². The highest BCUT2D eigenvalue weighted by molar-refractivity contribution is 5.62. The highest BCUT2D eigenvalue weighted by atomic mass is 15.3. The van der Waals surface area contributed by atoms with E-state index in [9.17, 15) is 0 Å². The fourth-order valence-corrected chi connectivity index (χ4v) is 3.95. The summed E-state index contributed by atoms with van der Waals surface area (Å²) in [4.78, 5) is 19.0. The minimum Gasteiger partial charge on any atom is -0.338 e. The normalized spacial score (nSPS) is 21.6. The molecule has 24 heavy (non-hydrogen) atoms. The van der Waals surface area contributed by atoms with Crippen molar-refractivity contribution < 1.29 is 0 Å². The molecule has 2 aliphatic rings. The van der Waals surface area contributed by atoms with Crippen LogP contribution in [0.25, 0.3) is 11.3 Å². The van der Waals surface area contributed by atoms with Crippen LogP contribution in [0.5, 0.6) is 0 Å². The first-order chi connectivity index (χ1) is 11.7. The van der Waals surface area contributed by atoms with Crippen molar-refractivity contribution in [3.63, 3.8) is 0 Å². The molecule has 4 heterocycles. The van der Waals surface area contributed by atoms with Crippen LogP contribution in [-0.4, -0.2) is 52.1 Å². The zero-order valence-corrected chi connectivity index (χ0v) is 14.6. The second kappa shape index (κ2) is 6.48. The lowest BCUT2D eigenvalue weighted by Gasteiger charge is -2.44. The number of hydrogen-bond donors (Lipinski definition) is 0. The summed E-state index contributed by atoms with van der Waals surface area (Å²) < 4.78 is 0. The molecule has 2 saturated heterocycles. The Labute approximate surface area is 143 Å². The molecule has 0 saturated carbocycles. The van der Waals surface area contributed by atoms with Crippen molar-refractivity contribution in [2.75, 3.05) is 31.1 Å². The number of piperidine rings is 1. The van der Waals surface area contributed by atoms with Crippen LogP contribution in [0.1, 0.15) is 30.7 Å². The van der Waals surface area contributed by atoms with Gasteiger partial charge in [-0.05, 0) is 51.4 Å². The van der Waals surface area contributed by atoms with Gasteiger partial charge in [-0.2, -0.15) is 0 Å². The number of hydrogen-bond acceptors (Lipinski definition) is 5. The summed E-state index contributed by atoms with van der Waals surface area (Å²) in [6.45, 7) is 8.52. The maximum atomic E-state index is 4.85. The van der Waals surface area contributed by atoms with Crippen LogP contribution in [0.2, 0.25) is 0 Å². The van der Waals surface area contributed by atoms with Gasteiger partial charge in [0.1, 0.15) is 0 Å². The summed E-state index contributed by atoms with van der Waals surface area (Å²) in [6, 6.07) is 6.82. The maximum Gasteiger partial charge on any atom is 0.225 e. The number of anilines is 1. The molecular weight excluding hydrogens is 298 g/mol. The third-order valence-electron chi connectivity index (χ3n) is 5.26. The Morgan fingerprint density at radius 1 is 1.00 bits per heavy atom. The molecular formula is C19H25N5. The van der Waals surface area contributed by atoms with E-state index in [1.54, 1.807) is 0 Å². The molecule has 5 nitrogen and oxygen atoms in total. The number of fused-ring (bicyclic) bond motifs is 1. The molecule has 2 fully saturated rings. The van der Waals surface area contributed by atoms with Gasteiger partial charge < -0.3 is 4.90 Å². The maximum absolute atomic E-state index is 4.85. The lowest BCUT2D eigenvalue weighted by atomic mass is 10.00. The topological polar surface area (TPSA) is 45.2 Å². The Bertz CT molecular complexity index is 729. The van der Waals surface area contributed by atoms with Gasteiger partial charge in [0.15, 0.2) is 0 Å². The second-order valence-corrected chi connectivity index (χ2v) is 6.96. The van der Waals surface area contributed by atoms with Crippen molar-refractivity contribution in [1.82, 2.24) is 19.9 Å². The Morgan fingerprint density at radius 2 is 1.92 bits per heavy atom. The van der Waals surface area contributed by atoms with E-state index in [0.29, 0.717) is 6.04 Å². The van der Waals surface area contributed by atoms with E-state index in [-0.39, 0.29) is 0 Å². The summed E-state index contributed by atoms with van der Waals surface area (Å²) in [5, 5.41) is 0. The van der Waals surface area contributed by atoms with E-state index in [4.69, 9.17) is 4.98 Å². The lowest BCUT2D eigenvalue weighted by Crippen LogP contribution is -2.55. The molecule has 0 N–H and O–H groups in total. The SMILES string of the molecule is Cc1ccc(-c2ccnc(N3CCN4CCCC[C@H]4C3)n2)c(C)n1. The molecule has 0 radical (unpaired) electrons. The predicted octanol–water partition coefficient (Wildman–Crippen LogP) is 2.83. The average Bonchev–Trinajstić information content (AvgIpc) is 2.61. The van der Waals surface area contributed by atoms with Crippen molar-refractivity contribution in [3.8, 4) is 11.3 Å². The molecule has 0 bridgehead atoms. The predicted molar refractivity (Wildman–Crippen MR) is 96.2 cm³/mol. The summed E-state index contributed by atoms with van der Waals surface area (Å²) in [5.74, 6) is 0.859. The molecule has 1 atom stereocenters. The highest BCUT2D eigenvalue weighted by Crippen LogP contribution is 2.25. The molecule has 0 aliphatic carbocycles. The number of piperazine rings is 1. The molecule has 0 spiro atoms. The fourth-order valence-electron chi connectivity index (χ4n) is 3.95. The summed E-state index contributed by atoms with van der Waals surface area (Å²) in [5.41, 5.74) is 4.13. The summed E-state index contributed by atoms with van der Waals surface area (Å²) in [6.07, 6.45) is 5.88. The molecule has 0 aromatic carbocycles. The zero-order valence-electron chi connectivity index (χ0n) is 14.6. The van der Waals surface area contributed by atoms with Gasteiger partial charge in [0.25, 0.3) is 0 Å². The van der Waals surface area contributed by atoms with Gasteiger partial charge in [0.2, 0.25) is 5.95 Å². The first-order valence-electron chi connectivity index (χ1n) is 8.97. The van der Waals surface area contributed by atoms with Gasteiger partial charge in [0, 0.05) is 48.8 Å². The second-order valence-electron chi connectivity index (χ2n) is 6.96. The standard InChI is InChI=1S/C19H25N5/c1-14-6-7-17(15(2)21-14)18-8-9-20-19(22-18)24-12-11-23-10-4-3-5-16(23)13-24/h6-9,16H,3-5,10-13H2,1-2H3/t16-/m0/s1. The number of pyridine rings is 1. The molecule has 2 aliphatic heterocycles. The highest BCUT2D eigenvalue weighted by Gasteiger charge is 2.29. The Kier molecular flexibility index (Phi) is 4.19. The van der Waals surface area contributed by atoms with E-state index in [1.807, 2.05) is 32.2 Å². The smallest absolute Gasteiger partial charge is 0.225 e. The number of nitrogens with zero attached hydrogens (tertiary/aromatic N) is 5. The van der Waals surface area contributed by atoms with Crippen molar-refractivity contribution in [3.05, 3.63) is 35.8 Å². The van der Waals surface area contributed by atoms with Gasteiger partial charge in [-0.25, -0.2) is 9.97 Å². The molecule has 2 aromatic rings. The minimum atomic E-state index is 0.669. The first kappa shape index (κ1) is 15.5. The Hall–Kier alpha value is -2.01. The van der Waals surface area contributed by atoms with Crippen LogP contribution in [0.4, 0.5) is 5.95 Å². The van der Waals surface area contributed by atoms with Gasteiger partial charge in [0.05, 0.1) is 5.69 Å². The van der Waals surface area contributed by atoms with Crippen LogP contribution in [0, 0.1) is 13.8 Å². The summed E-state index contributed by atoms with van der Waals surface area (Å²) >= 11 is 0. The molecule has 0 unspecified atom stereocenters. The first-order valence-corrected chi connectivity index (χ1v) is 8.97. The minimum absolute atomic E-state index is 0.669. The van der Waals surface area contributed by atoms with E-state index in [0.717, 1.165) is 48.2 Å². The van der Waals surface area contributed by atoms with Gasteiger partial charge in [-0.3, -0.25) is 9.88 Å². The van der Waals surface area contributed by atoms with E-state index in [2.05, 4.69) is 25.8 Å². The third-order valence-corrected chi connectivity index (χ3v) is 5.26. The average molecular weight is 323 g/mol. The third kappa shape index (κ3) is 3.00. The van der Waals surface area contributed by atoms with Crippen molar-refractivity contribution in [1.29, 1.82) is 0 Å². The Morgan fingerprint density at radius 3 is 2.79 bits per heavy atom.